The topological polar surface area (TPSA) is 36.7 Å². The van der Waals surface area contributed by atoms with Crippen molar-refractivity contribution in [3.05, 3.63) is 65.4 Å². The quantitative estimate of drug-likeness (QED) is 0.642. The summed E-state index contributed by atoms with van der Waals surface area (Å²) in [6.45, 7) is 8.10. The van der Waals surface area contributed by atoms with Crippen molar-refractivity contribution in [1.29, 1.82) is 5.26 Å². The molecule has 1 aromatic heterocycles. The predicted octanol–water partition coefficient (Wildman–Crippen LogP) is 5.32. The molecule has 0 aliphatic heterocycles. The summed E-state index contributed by atoms with van der Waals surface area (Å²) in [5.41, 5.74) is 5.15. The molecule has 0 atom stereocenters. The van der Waals surface area contributed by atoms with E-state index in [1.54, 1.807) is 0 Å². The minimum absolute atomic E-state index is 0.489. The number of aryl methyl sites for hydroxylation is 2. The second-order valence-electron chi connectivity index (χ2n) is 6.71. The van der Waals surface area contributed by atoms with E-state index in [4.69, 9.17) is 0 Å². The van der Waals surface area contributed by atoms with E-state index in [0.717, 1.165) is 27.6 Å². The predicted molar refractivity (Wildman–Crippen MR) is 95.3 cm³/mol. The highest BCUT2D eigenvalue weighted by Gasteiger charge is 2.20. The zero-order valence-corrected chi connectivity index (χ0v) is 14.0. The molecule has 2 heteroatoms. The molecule has 0 unspecified atom stereocenters. The van der Waals surface area contributed by atoms with E-state index in [9.17, 15) is 5.26 Å². The van der Waals surface area contributed by atoms with Crippen LogP contribution in [-0.4, -0.2) is 4.98 Å². The maximum absolute atomic E-state index is 9.35. The van der Waals surface area contributed by atoms with Crippen molar-refractivity contribution >= 4 is 10.8 Å². The fraction of sp³-hybridized carbons (Fsp3) is 0.238. The van der Waals surface area contributed by atoms with Gasteiger partial charge in [-0.05, 0) is 62.9 Å². The molecule has 0 aliphatic rings. The summed E-state index contributed by atoms with van der Waals surface area (Å²) in [4.78, 5) is 4.61. The lowest BCUT2D eigenvalue weighted by Crippen LogP contribution is -2.13. The Kier molecular flexibility index (Phi) is 3.66. The average Bonchev–Trinajstić information content (AvgIpc) is 2.52. The van der Waals surface area contributed by atoms with E-state index in [2.05, 4.69) is 55.2 Å². The molecule has 1 heterocycles. The Labute approximate surface area is 137 Å². The van der Waals surface area contributed by atoms with E-state index in [1.165, 1.54) is 11.1 Å². The van der Waals surface area contributed by atoms with Gasteiger partial charge in [0.05, 0.1) is 17.2 Å². The summed E-state index contributed by atoms with van der Waals surface area (Å²) in [5.74, 6) is 0. The van der Waals surface area contributed by atoms with Crippen molar-refractivity contribution in [1.82, 2.24) is 4.98 Å². The molecule has 0 amide bonds. The number of nitriles is 1. The maximum Gasteiger partial charge on any atom is 0.0780 e. The van der Waals surface area contributed by atoms with Crippen LogP contribution in [0.2, 0.25) is 0 Å². The van der Waals surface area contributed by atoms with Crippen molar-refractivity contribution in [2.75, 3.05) is 0 Å². The van der Waals surface area contributed by atoms with Crippen LogP contribution in [0.5, 0.6) is 0 Å². The van der Waals surface area contributed by atoms with Crippen LogP contribution in [0.4, 0.5) is 0 Å². The van der Waals surface area contributed by atoms with Crippen LogP contribution >= 0.6 is 0 Å². The molecule has 3 rings (SSSR count). The maximum atomic E-state index is 9.35. The van der Waals surface area contributed by atoms with Crippen LogP contribution in [0.1, 0.15) is 30.5 Å². The number of hydrogen-bond acceptors (Lipinski definition) is 2. The van der Waals surface area contributed by atoms with Gasteiger partial charge < -0.3 is 0 Å². The third kappa shape index (κ3) is 2.83. The Morgan fingerprint density at radius 1 is 0.957 bits per heavy atom. The Hall–Kier alpha value is -2.66. The van der Waals surface area contributed by atoms with Gasteiger partial charge in [-0.3, -0.25) is 4.98 Å². The molecule has 0 saturated heterocycles. The first kappa shape index (κ1) is 15.2. The van der Waals surface area contributed by atoms with Crippen molar-refractivity contribution in [2.24, 2.45) is 0 Å². The lowest BCUT2D eigenvalue weighted by Gasteiger charge is -2.17. The molecule has 0 N–H and O–H groups in total. The highest BCUT2D eigenvalue weighted by molar-refractivity contribution is 5.95. The van der Waals surface area contributed by atoms with Gasteiger partial charge in [0, 0.05) is 17.1 Å². The smallest absolute Gasteiger partial charge is 0.0780 e. The van der Waals surface area contributed by atoms with Crippen LogP contribution in [0.15, 0.2) is 48.7 Å². The molecule has 3 aromatic rings. The molecule has 0 radical (unpaired) electrons. The summed E-state index contributed by atoms with van der Waals surface area (Å²) in [6.07, 6.45) is 1.85. The SMILES string of the molecule is Cc1cc(C)cc(-c2nccc3cc(C(C)(C)C#N)ccc23)c1. The fourth-order valence-corrected chi connectivity index (χ4v) is 2.97. The first-order valence-corrected chi connectivity index (χ1v) is 7.80. The summed E-state index contributed by atoms with van der Waals surface area (Å²) in [6, 6.07) is 17.1. The number of nitrogens with zero attached hydrogens (tertiary/aromatic N) is 2. The molecule has 0 fully saturated rings. The molecule has 2 nitrogen and oxygen atoms in total. The van der Waals surface area contributed by atoms with Gasteiger partial charge in [0.1, 0.15) is 0 Å². The number of aromatic nitrogens is 1. The van der Waals surface area contributed by atoms with Gasteiger partial charge in [-0.15, -0.1) is 0 Å². The zero-order chi connectivity index (χ0) is 16.6. The van der Waals surface area contributed by atoms with Crippen LogP contribution < -0.4 is 0 Å². The minimum atomic E-state index is -0.489. The summed E-state index contributed by atoms with van der Waals surface area (Å²) in [5, 5.41) is 11.6. The third-order valence-corrected chi connectivity index (χ3v) is 4.26. The van der Waals surface area contributed by atoms with Crippen LogP contribution in [-0.2, 0) is 5.41 Å². The van der Waals surface area contributed by atoms with Crippen LogP contribution in [0.25, 0.3) is 22.0 Å². The molecule has 0 aliphatic carbocycles. The normalized spacial score (nSPS) is 11.4. The third-order valence-electron chi connectivity index (χ3n) is 4.26. The fourth-order valence-electron chi connectivity index (χ4n) is 2.97. The number of rotatable bonds is 2. The first-order chi connectivity index (χ1) is 10.9. The molecule has 0 spiro atoms. The molecule has 0 saturated carbocycles. The zero-order valence-electron chi connectivity index (χ0n) is 14.0. The average molecular weight is 300 g/mol. The minimum Gasteiger partial charge on any atom is -0.256 e. The van der Waals surface area contributed by atoms with E-state index >= 15 is 0 Å². The highest BCUT2D eigenvalue weighted by Crippen LogP contribution is 2.31. The number of benzene rings is 2. The molecular weight excluding hydrogens is 280 g/mol. The second kappa shape index (κ2) is 5.52. The Morgan fingerprint density at radius 2 is 1.65 bits per heavy atom. The number of pyridine rings is 1. The van der Waals surface area contributed by atoms with E-state index in [1.807, 2.05) is 32.2 Å². The lowest BCUT2D eigenvalue weighted by atomic mass is 9.85. The van der Waals surface area contributed by atoms with Crippen LogP contribution in [0, 0.1) is 25.2 Å². The van der Waals surface area contributed by atoms with Gasteiger partial charge >= 0.3 is 0 Å². The van der Waals surface area contributed by atoms with Gasteiger partial charge in [0.2, 0.25) is 0 Å². The Morgan fingerprint density at radius 3 is 2.30 bits per heavy atom. The Balaban J connectivity index is 2.22. The molecule has 2 aromatic carbocycles. The van der Waals surface area contributed by atoms with Crippen molar-refractivity contribution < 1.29 is 0 Å². The first-order valence-electron chi connectivity index (χ1n) is 7.80. The monoisotopic (exact) mass is 300 g/mol. The summed E-state index contributed by atoms with van der Waals surface area (Å²) < 4.78 is 0. The molecule has 114 valence electrons. The van der Waals surface area contributed by atoms with Crippen molar-refractivity contribution in [2.45, 2.75) is 33.1 Å². The van der Waals surface area contributed by atoms with E-state index in [0.29, 0.717) is 0 Å². The summed E-state index contributed by atoms with van der Waals surface area (Å²) >= 11 is 0. The standard InChI is InChI=1S/C21H20N2/c1-14-9-15(2)11-17(10-14)20-19-6-5-18(21(3,4)13-22)12-16(19)7-8-23-20/h5-12H,1-4H3. The summed E-state index contributed by atoms with van der Waals surface area (Å²) in [7, 11) is 0. The number of fused-ring (bicyclic) bond motifs is 1. The number of hydrogen-bond donors (Lipinski definition) is 0. The van der Waals surface area contributed by atoms with E-state index in [-0.39, 0.29) is 0 Å². The van der Waals surface area contributed by atoms with Crippen molar-refractivity contribution in [3.63, 3.8) is 0 Å². The second-order valence-corrected chi connectivity index (χ2v) is 6.71. The van der Waals surface area contributed by atoms with Crippen LogP contribution in [0.3, 0.4) is 0 Å². The van der Waals surface area contributed by atoms with Crippen molar-refractivity contribution in [3.8, 4) is 17.3 Å². The highest BCUT2D eigenvalue weighted by atomic mass is 14.7. The molecule has 23 heavy (non-hydrogen) atoms. The van der Waals surface area contributed by atoms with Gasteiger partial charge in [0.25, 0.3) is 0 Å². The van der Waals surface area contributed by atoms with Gasteiger partial charge in [0.15, 0.2) is 0 Å². The van der Waals surface area contributed by atoms with E-state index < -0.39 is 5.41 Å². The van der Waals surface area contributed by atoms with Gasteiger partial charge in [-0.25, -0.2) is 0 Å². The van der Waals surface area contributed by atoms with Gasteiger partial charge in [-0.1, -0.05) is 29.3 Å². The molecular formula is C21H20N2. The largest absolute Gasteiger partial charge is 0.256 e. The Bertz CT molecular complexity index is 910. The lowest BCUT2D eigenvalue weighted by molar-refractivity contribution is 0.688. The molecule has 0 bridgehead atoms. The van der Waals surface area contributed by atoms with Gasteiger partial charge in [-0.2, -0.15) is 5.26 Å².